The van der Waals surface area contributed by atoms with Gasteiger partial charge >= 0.3 is 5.97 Å². The molecule has 0 amide bonds. The molecule has 108 valence electrons. The molecule has 0 saturated carbocycles. The largest absolute Gasteiger partial charge is 0.479 e. The lowest BCUT2D eigenvalue weighted by molar-refractivity contribution is -0.143. The van der Waals surface area contributed by atoms with E-state index in [0.29, 0.717) is 6.42 Å². The van der Waals surface area contributed by atoms with Gasteiger partial charge in [-0.25, -0.2) is 4.79 Å². The maximum atomic E-state index is 12.0. The number of nitrogens with one attached hydrogen (secondary N) is 1. The second kappa shape index (κ2) is 5.73. The van der Waals surface area contributed by atoms with Crippen LogP contribution < -0.4 is 5.32 Å². The summed E-state index contributed by atoms with van der Waals surface area (Å²) in [5.41, 5.74) is 0.592. The number of thioether (sulfide) groups is 1. The van der Waals surface area contributed by atoms with Gasteiger partial charge in [0.2, 0.25) is 0 Å². The Morgan fingerprint density at radius 1 is 1.19 bits per heavy atom. The third-order valence-corrected chi connectivity index (χ3v) is 5.25. The molecule has 0 fully saturated rings. The number of fused-ring (bicyclic) bond motifs is 1. The van der Waals surface area contributed by atoms with Crippen LogP contribution in [0.3, 0.4) is 0 Å². The number of hydrogen-bond acceptors (Lipinski definition) is 3. The van der Waals surface area contributed by atoms with Crippen molar-refractivity contribution >= 4 is 39.3 Å². The molecule has 0 bridgehead atoms. The molecule has 2 N–H and O–H groups in total. The van der Waals surface area contributed by atoms with Gasteiger partial charge in [0.05, 0.1) is 0 Å². The van der Waals surface area contributed by atoms with Gasteiger partial charge in [-0.2, -0.15) is 0 Å². The van der Waals surface area contributed by atoms with Gasteiger partial charge in [-0.15, -0.1) is 11.8 Å². The Balaban J connectivity index is 2.05. The molecule has 0 saturated heterocycles. The van der Waals surface area contributed by atoms with Crippen molar-refractivity contribution in [3.63, 3.8) is 0 Å². The zero-order valence-electron chi connectivity index (χ0n) is 11.2. The van der Waals surface area contributed by atoms with E-state index in [-0.39, 0.29) is 0 Å². The van der Waals surface area contributed by atoms with E-state index in [0.717, 1.165) is 26.4 Å². The molecule has 21 heavy (non-hydrogen) atoms. The lowest BCUT2D eigenvalue weighted by Gasteiger charge is -2.36. The fraction of sp³-hybridized carbons (Fsp3) is 0.188. The van der Waals surface area contributed by atoms with Crippen molar-refractivity contribution < 1.29 is 9.90 Å². The van der Waals surface area contributed by atoms with Crippen LogP contribution in [0.2, 0.25) is 0 Å². The Hall–Kier alpha value is -1.46. The Bertz CT molecular complexity index is 674. The zero-order chi connectivity index (χ0) is 14.9. The second-order valence-electron chi connectivity index (χ2n) is 4.94. The van der Waals surface area contributed by atoms with E-state index in [2.05, 4.69) is 21.2 Å². The SMILES string of the molecule is O=C(O)C1(Nc2ccc(Br)cc2)CCSc2ccccc21. The minimum atomic E-state index is -1.06. The Morgan fingerprint density at radius 3 is 2.62 bits per heavy atom. The Morgan fingerprint density at radius 2 is 1.90 bits per heavy atom. The van der Waals surface area contributed by atoms with Crippen LogP contribution in [-0.2, 0) is 10.3 Å². The molecular formula is C16H14BrNO2S. The Labute approximate surface area is 135 Å². The van der Waals surface area contributed by atoms with E-state index in [1.165, 1.54) is 0 Å². The van der Waals surface area contributed by atoms with Crippen LogP contribution in [0.4, 0.5) is 5.69 Å². The molecule has 1 atom stereocenters. The van der Waals surface area contributed by atoms with Crippen LogP contribution in [-0.4, -0.2) is 16.8 Å². The van der Waals surface area contributed by atoms with Crippen LogP contribution in [0.25, 0.3) is 0 Å². The van der Waals surface area contributed by atoms with Crippen molar-refractivity contribution in [3.05, 3.63) is 58.6 Å². The van der Waals surface area contributed by atoms with Gasteiger partial charge in [0.25, 0.3) is 0 Å². The molecule has 0 aliphatic carbocycles. The lowest BCUT2D eigenvalue weighted by Crippen LogP contribution is -2.45. The third-order valence-electron chi connectivity index (χ3n) is 3.65. The number of hydrogen-bond donors (Lipinski definition) is 2. The summed E-state index contributed by atoms with van der Waals surface area (Å²) in [7, 11) is 0. The van der Waals surface area contributed by atoms with Crippen LogP contribution in [0, 0.1) is 0 Å². The highest BCUT2D eigenvalue weighted by Gasteiger charge is 2.44. The maximum Gasteiger partial charge on any atom is 0.334 e. The third kappa shape index (κ3) is 2.68. The molecular weight excluding hydrogens is 350 g/mol. The predicted molar refractivity (Wildman–Crippen MR) is 88.9 cm³/mol. The minimum absolute atomic E-state index is 0.556. The predicted octanol–water partition coefficient (Wildman–Crippen LogP) is 4.34. The highest BCUT2D eigenvalue weighted by atomic mass is 79.9. The van der Waals surface area contributed by atoms with Crippen LogP contribution in [0.1, 0.15) is 12.0 Å². The van der Waals surface area contributed by atoms with Gasteiger partial charge in [-0.1, -0.05) is 34.1 Å². The first-order valence-electron chi connectivity index (χ1n) is 6.61. The Kier molecular flexibility index (Phi) is 3.95. The molecule has 5 heteroatoms. The van der Waals surface area contributed by atoms with E-state index in [1.807, 2.05) is 48.5 Å². The summed E-state index contributed by atoms with van der Waals surface area (Å²) in [6.45, 7) is 0. The summed E-state index contributed by atoms with van der Waals surface area (Å²) in [5.74, 6) is -0.0505. The van der Waals surface area contributed by atoms with Crippen molar-refractivity contribution in [2.75, 3.05) is 11.1 Å². The first kappa shape index (κ1) is 14.5. The van der Waals surface area contributed by atoms with Gasteiger partial charge in [0.15, 0.2) is 5.54 Å². The van der Waals surface area contributed by atoms with E-state index in [4.69, 9.17) is 0 Å². The summed E-state index contributed by atoms with van der Waals surface area (Å²) in [6.07, 6.45) is 0.556. The summed E-state index contributed by atoms with van der Waals surface area (Å²) in [5, 5.41) is 13.1. The molecule has 1 aliphatic heterocycles. The number of carboxylic acid groups (broad SMARTS) is 1. The minimum Gasteiger partial charge on any atom is -0.479 e. The monoisotopic (exact) mass is 363 g/mol. The zero-order valence-corrected chi connectivity index (χ0v) is 13.6. The van der Waals surface area contributed by atoms with Crippen molar-refractivity contribution in [1.29, 1.82) is 0 Å². The van der Waals surface area contributed by atoms with E-state index in [1.54, 1.807) is 11.8 Å². The fourth-order valence-corrected chi connectivity index (χ4v) is 4.04. The van der Waals surface area contributed by atoms with Gasteiger partial charge in [-0.05, 0) is 36.8 Å². The standard InChI is InChI=1S/C16H14BrNO2S/c17-11-5-7-12(8-6-11)18-16(15(19)20)9-10-21-14-4-2-1-3-13(14)16/h1-8,18H,9-10H2,(H,19,20). The van der Waals surface area contributed by atoms with Crippen molar-refractivity contribution in [2.45, 2.75) is 16.9 Å². The average molecular weight is 364 g/mol. The van der Waals surface area contributed by atoms with Crippen LogP contribution in [0.5, 0.6) is 0 Å². The van der Waals surface area contributed by atoms with Crippen molar-refractivity contribution in [2.24, 2.45) is 0 Å². The normalized spacial score (nSPS) is 20.6. The molecule has 1 aliphatic rings. The molecule has 3 nitrogen and oxygen atoms in total. The van der Waals surface area contributed by atoms with Gasteiger partial charge < -0.3 is 10.4 Å². The number of halogens is 1. The molecule has 0 spiro atoms. The van der Waals surface area contributed by atoms with E-state index >= 15 is 0 Å². The number of anilines is 1. The number of aliphatic carboxylic acids is 1. The summed E-state index contributed by atoms with van der Waals surface area (Å²) in [4.78, 5) is 13.1. The number of carboxylic acids is 1. The lowest BCUT2D eigenvalue weighted by atomic mass is 9.86. The smallest absolute Gasteiger partial charge is 0.334 e. The molecule has 0 radical (unpaired) electrons. The van der Waals surface area contributed by atoms with Crippen molar-refractivity contribution in [3.8, 4) is 0 Å². The molecule has 1 unspecified atom stereocenters. The summed E-state index contributed by atoms with van der Waals surface area (Å²) >= 11 is 5.10. The molecule has 0 aromatic heterocycles. The van der Waals surface area contributed by atoms with E-state index < -0.39 is 11.5 Å². The second-order valence-corrected chi connectivity index (χ2v) is 6.99. The average Bonchev–Trinajstić information content (AvgIpc) is 2.50. The number of rotatable bonds is 3. The van der Waals surface area contributed by atoms with Gasteiger partial charge in [0, 0.05) is 26.4 Å². The van der Waals surface area contributed by atoms with Gasteiger partial charge in [-0.3, -0.25) is 0 Å². The maximum absolute atomic E-state index is 12.0. The van der Waals surface area contributed by atoms with Crippen LogP contribution >= 0.6 is 27.7 Å². The first-order chi connectivity index (χ1) is 10.1. The van der Waals surface area contributed by atoms with E-state index in [9.17, 15) is 9.90 Å². The van der Waals surface area contributed by atoms with Gasteiger partial charge in [0.1, 0.15) is 0 Å². The van der Waals surface area contributed by atoms with Crippen LogP contribution in [0.15, 0.2) is 57.9 Å². The molecule has 2 aromatic carbocycles. The highest BCUT2D eigenvalue weighted by Crippen LogP contribution is 2.42. The highest BCUT2D eigenvalue weighted by molar-refractivity contribution is 9.10. The summed E-state index contributed by atoms with van der Waals surface area (Å²) < 4.78 is 0.969. The first-order valence-corrected chi connectivity index (χ1v) is 8.39. The fourth-order valence-electron chi connectivity index (χ4n) is 2.58. The number of carbonyl (C=O) groups is 1. The number of benzene rings is 2. The topological polar surface area (TPSA) is 49.3 Å². The molecule has 1 heterocycles. The molecule has 2 aromatic rings. The quantitative estimate of drug-likeness (QED) is 0.851. The summed E-state index contributed by atoms with van der Waals surface area (Å²) in [6, 6.07) is 15.3. The molecule has 3 rings (SSSR count). The van der Waals surface area contributed by atoms with Crippen molar-refractivity contribution in [1.82, 2.24) is 0 Å².